The maximum absolute atomic E-state index is 12.3. The summed E-state index contributed by atoms with van der Waals surface area (Å²) >= 11 is 0. The first kappa shape index (κ1) is 22.3. The number of nitrogens with zero attached hydrogens (tertiary/aromatic N) is 1. The second kappa shape index (κ2) is 11.2. The maximum Gasteiger partial charge on any atom is 0.325 e. The van der Waals surface area contributed by atoms with Crippen LogP contribution in [0.25, 0.3) is 0 Å². The molecule has 0 unspecified atom stereocenters. The van der Waals surface area contributed by atoms with Crippen molar-refractivity contribution in [2.75, 3.05) is 19.7 Å². The highest BCUT2D eigenvalue weighted by molar-refractivity contribution is 5.96. The molecule has 164 valence electrons. The fourth-order valence-corrected chi connectivity index (χ4v) is 3.58. The summed E-state index contributed by atoms with van der Waals surface area (Å²) in [5.74, 6) is 0.0724. The van der Waals surface area contributed by atoms with Crippen LogP contribution >= 0.6 is 0 Å². The summed E-state index contributed by atoms with van der Waals surface area (Å²) in [7, 11) is 0. The molecule has 1 aliphatic heterocycles. The standard InChI is InChI=1S/C24H28N2O5/c1-2-19-8-6-7-15-26(19)22(27)17-30-23(28)16-25-24(29)18-11-13-21(14-12-18)31-20-9-4-3-5-10-20/h3-5,9-14,19H,2,6-8,15-17H2,1H3,(H,25,29)/t19-/m0/s1. The minimum absolute atomic E-state index is 0.180. The summed E-state index contributed by atoms with van der Waals surface area (Å²) in [5.41, 5.74) is 0.392. The summed E-state index contributed by atoms with van der Waals surface area (Å²) in [6.45, 7) is 2.16. The molecule has 1 saturated heterocycles. The Labute approximate surface area is 182 Å². The van der Waals surface area contributed by atoms with E-state index in [9.17, 15) is 14.4 Å². The van der Waals surface area contributed by atoms with Crippen LogP contribution in [0.1, 0.15) is 43.0 Å². The van der Waals surface area contributed by atoms with Gasteiger partial charge in [0.05, 0.1) is 0 Å². The highest BCUT2D eigenvalue weighted by Crippen LogP contribution is 2.21. The molecule has 1 aliphatic rings. The summed E-state index contributed by atoms with van der Waals surface area (Å²) < 4.78 is 10.7. The number of carbonyl (C=O) groups excluding carboxylic acids is 3. The lowest BCUT2D eigenvalue weighted by Gasteiger charge is -2.35. The van der Waals surface area contributed by atoms with E-state index in [2.05, 4.69) is 12.2 Å². The van der Waals surface area contributed by atoms with Gasteiger partial charge in [-0.15, -0.1) is 0 Å². The Kier molecular flexibility index (Phi) is 8.04. The van der Waals surface area contributed by atoms with E-state index in [0.717, 1.165) is 25.7 Å². The molecule has 1 heterocycles. The molecule has 0 spiro atoms. The number of esters is 1. The molecule has 2 amide bonds. The number of rotatable bonds is 8. The Morgan fingerprint density at radius 2 is 1.71 bits per heavy atom. The molecule has 7 nitrogen and oxygen atoms in total. The van der Waals surface area contributed by atoms with Crippen LogP contribution in [0.4, 0.5) is 0 Å². The predicted octanol–water partition coefficient (Wildman–Crippen LogP) is 3.54. The van der Waals surface area contributed by atoms with Crippen molar-refractivity contribution in [2.24, 2.45) is 0 Å². The van der Waals surface area contributed by atoms with Crippen molar-refractivity contribution in [1.29, 1.82) is 0 Å². The SMILES string of the molecule is CC[C@H]1CCCCN1C(=O)COC(=O)CNC(=O)c1ccc(Oc2ccccc2)cc1. The van der Waals surface area contributed by atoms with Gasteiger partial charge in [0, 0.05) is 18.2 Å². The number of benzene rings is 2. The van der Waals surface area contributed by atoms with Crippen LogP contribution in [0, 0.1) is 0 Å². The molecule has 2 aromatic rings. The third kappa shape index (κ3) is 6.57. The van der Waals surface area contributed by atoms with Crippen molar-refractivity contribution in [3.05, 3.63) is 60.2 Å². The van der Waals surface area contributed by atoms with E-state index in [1.807, 2.05) is 30.3 Å². The van der Waals surface area contributed by atoms with Crippen molar-refractivity contribution >= 4 is 17.8 Å². The van der Waals surface area contributed by atoms with Gasteiger partial charge in [-0.3, -0.25) is 14.4 Å². The van der Waals surface area contributed by atoms with Crippen LogP contribution in [0.2, 0.25) is 0 Å². The molecule has 0 aliphatic carbocycles. The Morgan fingerprint density at radius 1 is 1.00 bits per heavy atom. The average molecular weight is 424 g/mol. The van der Waals surface area contributed by atoms with E-state index in [0.29, 0.717) is 23.6 Å². The first-order valence-electron chi connectivity index (χ1n) is 10.6. The zero-order valence-electron chi connectivity index (χ0n) is 17.7. The summed E-state index contributed by atoms with van der Waals surface area (Å²) in [6.07, 6.45) is 3.97. The lowest BCUT2D eigenvalue weighted by Crippen LogP contribution is -2.45. The monoisotopic (exact) mass is 424 g/mol. The molecule has 0 bridgehead atoms. The number of hydrogen-bond acceptors (Lipinski definition) is 5. The molecule has 1 atom stereocenters. The van der Waals surface area contributed by atoms with Gasteiger partial charge in [0.25, 0.3) is 11.8 Å². The predicted molar refractivity (Wildman–Crippen MR) is 116 cm³/mol. The number of ether oxygens (including phenoxy) is 2. The highest BCUT2D eigenvalue weighted by Gasteiger charge is 2.25. The molecule has 2 aromatic carbocycles. The maximum atomic E-state index is 12.3. The van der Waals surface area contributed by atoms with Gasteiger partial charge in [0.1, 0.15) is 18.0 Å². The van der Waals surface area contributed by atoms with Crippen molar-refractivity contribution < 1.29 is 23.9 Å². The van der Waals surface area contributed by atoms with Crippen LogP contribution < -0.4 is 10.1 Å². The zero-order valence-corrected chi connectivity index (χ0v) is 17.7. The first-order chi connectivity index (χ1) is 15.1. The quantitative estimate of drug-likeness (QED) is 0.655. The van der Waals surface area contributed by atoms with Gasteiger partial charge in [0.2, 0.25) is 0 Å². The van der Waals surface area contributed by atoms with Crippen LogP contribution in [-0.4, -0.2) is 48.4 Å². The number of amides is 2. The minimum atomic E-state index is -0.643. The number of hydrogen-bond donors (Lipinski definition) is 1. The fourth-order valence-electron chi connectivity index (χ4n) is 3.58. The van der Waals surface area contributed by atoms with E-state index in [1.54, 1.807) is 29.2 Å². The minimum Gasteiger partial charge on any atom is -0.457 e. The van der Waals surface area contributed by atoms with Gasteiger partial charge in [-0.05, 0) is 62.1 Å². The Bertz CT molecular complexity index is 883. The molecule has 3 rings (SSSR count). The molecule has 1 N–H and O–H groups in total. The third-order valence-electron chi connectivity index (χ3n) is 5.26. The number of nitrogens with one attached hydrogen (secondary N) is 1. The average Bonchev–Trinajstić information content (AvgIpc) is 2.82. The molecule has 1 fully saturated rings. The molecule has 0 saturated carbocycles. The Balaban J connectivity index is 1.41. The van der Waals surface area contributed by atoms with Crippen LogP contribution in [0.5, 0.6) is 11.5 Å². The first-order valence-corrected chi connectivity index (χ1v) is 10.6. The van der Waals surface area contributed by atoms with E-state index >= 15 is 0 Å². The molecule has 0 aromatic heterocycles. The zero-order chi connectivity index (χ0) is 22.1. The van der Waals surface area contributed by atoms with Crippen molar-refractivity contribution in [2.45, 2.75) is 38.6 Å². The van der Waals surface area contributed by atoms with Crippen molar-refractivity contribution in [3.63, 3.8) is 0 Å². The fraction of sp³-hybridized carbons (Fsp3) is 0.375. The lowest BCUT2D eigenvalue weighted by atomic mass is 10.00. The van der Waals surface area contributed by atoms with E-state index in [4.69, 9.17) is 9.47 Å². The molecular formula is C24H28N2O5. The summed E-state index contributed by atoms with van der Waals surface area (Å²) in [4.78, 5) is 38.3. The van der Waals surface area contributed by atoms with Gasteiger partial charge < -0.3 is 19.7 Å². The smallest absolute Gasteiger partial charge is 0.325 e. The molecule has 7 heteroatoms. The topological polar surface area (TPSA) is 84.9 Å². The molecular weight excluding hydrogens is 396 g/mol. The van der Waals surface area contributed by atoms with Gasteiger partial charge in [-0.2, -0.15) is 0 Å². The summed E-state index contributed by atoms with van der Waals surface area (Å²) in [6, 6.07) is 16.1. The molecule has 0 radical (unpaired) electrons. The summed E-state index contributed by atoms with van der Waals surface area (Å²) in [5, 5.41) is 2.51. The van der Waals surface area contributed by atoms with Crippen LogP contribution in [0.3, 0.4) is 0 Å². The lowest BCUT2D eigenvalue weighted by molar-refractivity contribution is -0.152. The Morgan fingerprint density at radius 3 is 2.42 bits per heavy atom. The second-order valence-electron chi connectivity index (χ2n) is 7.43. The number of piperidine rings is 1. The van der Waals surface area contributed by atoms with Crippen LogP contribution in [0.15, 0.2) is 54.6 Å². The van der Waals surface area contributed by atoms with Gasteiger partial charge in [-0.1, -0.05) is 25.1 Å². The molecule has 31 heavy (non-hydrogen) atoms. The third-order valence-corrected chi connectivity index (χ3v) is 5.26. The number of para-hydroxylation sites is 1. The number of likely N-dealkylation sites (tertiary alicyclic amines) is 1. The second-order valence-corrected chi connectivity index (χ2v) is 7.43. The van der Waals surface area contributed by atoms with E-state index in [-0.39, 0.29) is 25.1 Å². The van der Waals surface area contributed by atoms with E-state index < -0.39 is 11.9 Å². The Hall–Kier alpha value is -3.35. The van der Waals surface area contributed by atoms with Crippen LogP contribution in [-0.2, 0) is 14.3 Å². The van der Waals surface area contributed by atoms with Gasteiger partial charge in [0.15, 0.2) is 6.61 Å². The van der Waals surface area contributed by atoms with Gasteiger partial charge >= 0.3 is 5.97 Å². The van der Waals surface area contributed by atoms with Gasteiger partial charge in [-0.25, -0.2) is 0 Å². The van der Waals surface area contributed by atoms with Crippen molar-refractivity contribution in [1.82, 2.24) is 10.2 Å². The van der Waals surface area contributed by atoms with Crippen molar-refractivity contribution in [3.8, 4) is 11.5 Å². The van der Waals surface area contributed by atoms with E-state index in [1.165, 1.54) is 0 Å². The largest absolute Gasteiger partial charge is 0.457 e. The number of carbonyl (C=O) groups is 3. The highest BCUT2D eigenvalue weighted by atomic mass is 16.5. The normalized spacial score (nSPS) is 15.8.